The first kappa shape index (κ1) is 44.6. The monoisotopic (exact) mass is 795 g/mol. The van der Waals surface area contributed by atoms with Crippen LogP contribution in [0.25, 0.3) is 0 Å². The van der Waals surface area contributed by atoms with Crippen LogP contribution in [-0.2, 0) is 62.4 Å². The fourth-order valence-corrected chi connectivity index (χ4v) is 6.30. The Morgan fingerprint density at radius 1 is 0.842 bits per heavy atom. The SMILES string of the molecule is NCCCOCCOCCOCCCNC(=O)[C@@H]1CCNC(=O)/C=C/C(=O)N2CCC[C@H](C2)C(=O)N[C@@H](Cc2ccco2)C(=O)NCc2ccccc2CC(=O)N1. The van der Waals surface area contributed by atoms with Crippen molar-refractivity contribution in [2.45, 2.75) is 63.6 Å². The van der Waals surface area contributed by atoms with Crippen LogP contribution in [0.4, 0.5) is 0 Å². The molecule has 7 N–H and O–H groups in total. The molecular weight excluding hydrogens is 738 g/mol. The largest absolute Gasteiger partial charge is 0.469 e. The van der Waals surface area contributed by atoms with Gasteiger partial charge in [-0.25, -0.2) is 0 Å². The zero-order valence-corrected chi connectivity index (χ0v) is 32.5. The van der Waals surface area contributed by atoms with E-state index < -0.39 is 47.5 Å². The van der Waals surface area contributed by atoms with Crippen LogP contribution in [0.2, 0.25) is 0 Å². The first-order chi connectivity index (χ1) is 27.7. The van der Waals surface area contributed by atoms with Crippen LogP contribution >= 0.6 is 0 Å². The van der Waals surface area contributed by atoms with E-state index in [-0.39, 0.29) is 44.8 Å². The lowest BCUT2D eigenvalue weighted by Crippen LogP contribution is -2.52. The molecule has 4 rings (SSSR count). The molecule has 2 aliphatic heterocycles. The molecule has 1 aromatic heterocycles. The molecule has 0 aliphatic carbocycles. The minimum absolute atomic E-state index is 0.0324. The summed E-state index contributed by atoms with van der Waals surface area (Å²) < 4.78 is 21.9. The van der Waals surface area contributed by atoms with E-state index in [4.69, 9.17) is 24.4 Å². The van der Waals surface area contributed by atoms with Crippen LogP contribution in [0, 0.1) is 5.92 Å². The Kier molecular flexibility index (Phi) is 19.7. The molecule has 2 aromatic rings. The van der Waals surface area contributed by atoms with Gasteiger partial charge in [0.2, 0.25) is 35.4 Å². The van der Waals surface area contributed by atoms with E-state index in [1.807, 2.05) is 0 Å². The van der Waals surface area contributed by atoms with Gasteiger partial charge in [-0.2, -0.15) is 0 Å². The molecule has 3 heterocycles. The van der Waals surface area contributed by atoms with Gasteiger partial charge in [-0.05, 0) is 61.9 Å². The average Bonchev–Trinajstić information content (AvgIpc) is 3.73. The highest BCUT2D eigenvalue weighted by Gasteiger charge is 2.31. The highest BCUT2D eigenvalue weighted by Crippen LogP contribution is 2.18. The maximum atomic E-state index is 13.6. The molecule has 17 heteroatoms. The Hall–Kier alpha value is -5.10. The fraction of sp³-hybridized carbons (Fsp3) is 0.550. The smallest absolute Gasteiger partial charge is 0.246 e. The number of amides is 6. The third kappa shape index (κ3) is 16.5. The molecule has 0 radical (unpaired) electrons. The lowest BCUT2D eigenvalue weighted by molar-refractivity contribution is -0.135. The number of ether oxygens (including phenoxy) is 3. The Morgan fingerprint density at radius 2 is 1.58 bits per heavy atom. The number of nitrogens with zero attached hydrogens (tertiary/aromatic N) is 1. The van der Waals surface area contributed by atoms with Crippen LogP contribution < -0.4 is 32.3 Å². The van der Waals surface area contributed by atoms with Crippen molar-refractivity contribution >= 4 is 35.4 Å². The van der Waals surface area contributed by atoms with E-state index in [1.165, 1.54) is 11.2 Å². The van der Waals surface area contributed by atoms with Gasteiger partial charge >= 0.3 is 0 Å². The molecule has 3 atom stereocenters. The second kappa shape index (κ2) is 25.2. The van der Waals surface area contributed by atoms with Crippen molar-refractivity contribution in [3.05, 3.63) is 71.7 Å². The predicted molar refractivity (Wildman–Crippen MR) is 208 cm³/mol. The number of fused-ring (bicyclic) bond motifs is 3. The van der Waals surface area contributed by atoms with Crippen molar-refractivity contribution in [1.82, 2.24) is 31.5 Å². The number of benzene rings is 1. The zero-order valence-electron chi connectivity index (χ0n) is 32.5. The van der Waals surface area contributed by atoms with Crippen LogP contribution in [0.15, 0.2) is 59.2 Å². The quantitative estimate of drug-likeness (QED) is 0.123. The van der Waals surface area contributed by atoms with Gasteiger partial charge in [0.25, 0.3) is 0 Å². The zero-order chi connectivity index (χ0) is 40.7. The molecule has 0 saturated carbocycles. The molecule has 312 valence electrons. The minimum Gasteiger partial charge on any atom is -0.469 e. The summed E-state index contributed by atoms with van der Waals surface area (Å²) in [5.74, 6) is -2.74. The maximum Gasteiger partial charge on any atom is 0.246 e. The van der Waals surface area contributed by atoms with Crippen molar-refractivity contribution in [3.63, 3.8) is 0 Å². The molecule has 0 spiro atoms. The van der Waals surface area contributed by atoms with Gasteiger partial charge in [0, 0.05) is 64.5 Å². The van der Waals surface area contributed by atoms with Crippen LogP contribution in [0.5, 0.6) is 0 Å². The van der Waals surface area contributed by atoms with Gasteiger partial charge in [-0.3, -0.25) is 28.8 Å². The summed E-state index contributed by atoms with van der Waals surface area (Å²) in [4.78, 5) is 81.0. The van der Waals surface area contributed by atoms with Gasteiger partial charge in [0.15, 0.2) is 0 Å². The number of hydrogen-bond donors (Lipinski definition) is 6. The normalized spacial score (nSPS) is 20.8. The number of hydrogen-bond acceptors (Lipinski definition) is 11. The van der Waals surface area contributed by atoms with Crippen LogP contribution in [0.1, 0.15) is 49.0 Å². The number of piperidine rings is 1. The maximum absolute atomic E-state index is 13.6. The summed E-state index contributed by atoms with van der Waals surface area (Å²) in [6.07, 6.45) is 6.24. The second-order valence-corrected chi connectivity index (χ2v) is 13.8. The van der Waals surface area contributed by atoms with E-state index in [0.29, 0.717) is 95.4 Å². The molecule has 1 fully saturated rings. The minimum atomic E-state index is -0.981. The van der Waals surface area contributed by atoms with Gasteiger partial charge in [0.05, 0.1) is 45.0 Å². The molecule has 57 heavy (non-hydrogen) atoms. The predicted octanol–water partition coefficient (Wildman–Crippen LogP) is -0.130. The van der Waals surface area contributed by atoms with E-state index in [1.54, 1.807) is 36.4 Å². The molecule has 17 nitrogen and oxygen atoms in total. The summed E-state index contributed by atoms with van der Waals surface area (Å²) in [6, 6.07) is 8.56. The van der Waals surface area contributed by atoms with Crippen molar-refractivity contribution in [1.29, 1.82) is 0 Å². The third-order valence-corrected chi connectivity index (χ3v) is 9.41. The summed E-state index contributed by atoms with van der Waals surface area (Å²) in [5, 5.41) is 14.1. The summed E-state index contributed by atoms with van der Waals surface area (Å²) in [6.45, 7) is 4.26. The van der Waals surface area contributed by atoms with Crippen LogP contribution in [-0.4, -0.2) is 125 Å². The molecule has 0 unspecified atom stereocenters. The average molecular weight is 796 g/mol. The fourth-order valence-electron chi connectivity index (χ4n) is 6.30. The van der Waals surface area contributed by atoms with Crippen LogP contribution in [0.3, 0.4) is 0 Å². The molecule has 2 bridgehead atoms. The Balaban J connectivity index is 1.39. The lowest BCUT2D eigenvalue weighted by Gasteiger charge is -2.32. The molecule has 1 saturated heterocycles. The highest BCUT2D eigenvalue weighted by atomic mass is 16.5. The van der Waals surface area contributed by atoms with Crippen molar-refractivity contribution in [2.75, 3.05) is 72.4 Å². The van der Waals surface area contributed by atoms with E-state index >= 15 is 0 Å². The molecular formula is C40H57N7O10. The van der Waals surface area contributed by atoms with Gasteiger partial charge in [-0.15, -0.1) is 0 Å². The van der Waals surface area contributed by atoms with Gasteiger partial charge in [0.1, 0.15) is 17.8 Å². The standard InChI is InChI=1S/C40H57N7O10/c41-14-5-18-54-21-23-56-24-22-55-19-6-15-43-39(52)33-13-16-42-35(48)11-12-37(50)47-17-3-9-31(28-47)38(51)46-34(26-32-10-4-20-57-32)40(53)44-27-30-8-2-1-7-29(30)25-36(49)45-33/h1-2,4,7-8,10-12,20,31,33-34H,3,5-6,9,13-19,21-28,41H2,(H,42,48)(H,43,52)(H,44,53)(H,45,49)(H,46,51)/b12-11+/t31-,33+,34+/m1/s1. The van der Waals surface area contributed by atoms with Crippen molar-refractivity contribution in [3.8, 4) is 0 Å². The summed E-state index contributed by atoms with van der Waals surface area (Å²) in [7, 11) is 0. The second-order valence-electron chi connectivity index (χ2n) is 13.8. The number of carbonyl (C=O) groups excluding carboxylic acids is 6. The molecule has 2 aliphatic rings. The highest BCUT2D eigenvalue weighted by molar-refractivity contribution is 5.97. The topological polar surface area (TPSA) is 233 Å². The molecule has 6 amide bonds. The number of rotatable bonds is 16. The Labute approximate surface area is 333 Å². The number of carbonyl (C=O) groups is 6. The van der Waals surface area contributed by atoms with E-state index in [2.05, 4.69) is 26.6 Å². The third-order valence-electron chi connectivity index (χ3n) is 9.41. The van der Waals surface area contributed by atoms with E-state index in [9.17, 15) is 28.8 Å². The van der Waals surface area contributed by atoms with Gasteiger partial charge < -0.3 is 55.8 Å². The first-order valence-electron chi connectivity index (χ1n) is 19.7. The number of nitrogens with two attached hydrogens (primary N) is 1. The summed E-state index contributed by atoms with van der Waals surface area (Å²) in [5.41, 5.74) is 6.74. The Morgan fingerprint density at radius 3 is 2.32 bits per heavy atom. The number of nitrogens with one attached hydrogen (secondary N) is 5. The molecule has 1 aromatic carbocycles. The first-order valence-corrected chi connectivity index (χ1v) is 19.7. The van der Waals surface area contributed by atoms with Crippen molar-refractivity contribution in [2.24, 2.45) is 11.7 Å². The lowest BCUT2D eigenvalue weighted by atomic mass is 9.96. The summed E-state index contributed by atoms with van der Waals surface area (Å²) >= 11 is 0. The van der Waals surface area contributed by atoms with E-state index in [0.717, 1.165) is 18.6 Å². The van der Waals surface area contributed by atoms with Gasteiger partial charge in [-0.1, -0.05) is 24.3 Å². The van der Waals surface area contributed by atoms with Crippen molar-refractivity contribution < 1.29 is 47.4 Å². The Bertz CT molecular complexity index is 1620. The number of furan rings is 1.